The van der Waals surface area contributed by atoms with E-state index in [4.69, 9.17) is 4.98 Å². The first-order valence-electron chi connectivity index (χ1n) is 7.16. The van der Waals surface area contributed by atoms with E-state index in [-0.39, 0.29) is 5.41 Å². The van der Waals surface area contributed by atoms with Gasteiger partial charge in [0.2, 0.25) is 0 Å². The average molecular weight is 290 g/mol. The van der Waals surface area contributed by atoms with Crippen LogP contribution in [-0.4, -0.2) is 20.8 Å². The molecule has 0 aliphatic heterocycles. The Balaban J connectivity index is 1.91. The summed E-state index contributed by atoms with van der Waals surface area (Å²) in [7, 11) is 1.94. The Labute approximate surface area is 124 Å². The first-order valence-corrected chi connectivity index (χ1v) is 7.98. The summed E-state index contributed by atoms with van der Waals surface area (Å²) in [6, 6.07) is 0.728. The standard InChI is InChI=1S/C15H22N4S/c1-15(2,3)13-12(8-16-11-5-6-11)20-14(18-13)10-7-17-19(4)9-10/h7,9,11,16H,5-6,8H2,1-4H3. The van der Waals surface area contributed by atoms with Crippen molar-refractivity contribution in [1.82, 2.24) is 20.1 Å². The van der Waals surface area contributed by atoms with Gasteiger partial charge in [-0.25, -0.2) is 4.98 Å². The average Bonchev–Trinajstić information content (AvgIpc) is 2.91. The van der Waals surface area contributed by atoms with Gasteiger partial charge in [-0.3, -0.25) is 4.68 Å². The molecule has 1 saturated carbocycles. The van der Waals surface area contributed by atoms with Crippen molar-refractivity contribution >= 4 is 11.3 Å². The molecule has 0 amide bonds. The Bertz CT molecular complexity index is 602. The van der Waals surface area contributed by atoms with Gasteiger partial charge in [0.05, 0.1) is 11.9 Å². The number of thiazole rings is 1. The minimum atomic E-state index is 0.0809. The van der Waals surface area contributed by atoms with Crippen LogP contribution in [0.2, 0.25) is 0 Å². The summed E-state index contributed by atoms with van der Waals surface area (Å²) in [5.74, 6) is 0. The molecule has 0 bridgehead atoms. The van der Waals surface area contributed by atoms with E-state index in [0.29, 0.717) is 0 Å². The lowest BCUT2D eigenvalue weighted by Crippen LogP contribution is -2.19. The largest absolute Gasteiger partial charge is 0.309 e. The van der Waals surface area contributed by atoms with Gasteiger partial charge in [-0.2, -0.15) is 5.10 Å². The molecular weight excluding hydrogens is 268 g/mol. The minimum absolute atomic E-state index is 0.0809. The molecule has 2 heterocycles. The molecule has 20 heavy (non-hydrogen) atoms. The monoisotopic (exact) mass is 290 g/mol. The SMILES string of the molecule is Cn1cc(-c2nc(C(C)(C)C)c(CNC3CC3)s2)cn1. The molecule has 1 aliphatic carbocycles. The maximum absolute atomic E-state index is 4.89. The third-order valence-corrected chi connectivity index (χ3v) is 4.59. The van der Waals surface area contributed by atoms with Crippen LogP contribution in [0.15, 0.2) is 12.4 Å². The third kappa shape index (κ3) is 2.94. The Kier molecular flexibility index (Phi) is 3.42. The van der Waals surface area contributed by atoms with Crippen LogP contribution in [-0.2, 0) is 19.0 Å². The molecular formula is C15H22N4S. The van der Waals surface area contributed by atoms with Crippen molar-refractivity contribution in [2.75, 3.05) is 0 Å². The van der Waals surface area contributed by atoms with E-state index in [9.17, 15) is 0 Å². The van der Waals surface area contributed by atoms with Crippen LogP contribution in [0.5, 0.6) is 0 Å². The molecule has 0 aromatic carbocycles. The second-order valence-corrected chi connectivity index (χ2v) is 7.68. The van der Waals surface area contributed by atoms with Gasteiger partial charge in [-0.15, -0.1) is 11.3 Å². The number of aromatic nitrogens is 3. The van der Waals surface area contributed by atoms with Crippen LogP contribution >= 0.6 is 11.3 Å². The van der Waals surface area contributed by atoms with Gasteiger partial charge in [0.1, 0.15) is 5.01 Å². The zero-order chi connectivity index (χ0) is 14.3. The van der Waals surface area contributed by atoms with Gasteiger partial charge in [0.25, 0.3) is 0 Å². The van der Waals surface area contributed by atoms with Gasteiger partial charge < -0.3 is 5.32 Å². The van der Waals surface area contributed by atoms with Gasteiger partial charge in [0, 0.05) is 41.7 Å². The van der Waals surface area contributed by atoms with E-state index < -0.39 is 0 Å². The van der Waals surface area contributed by atoms with Crippen molar-refractivity contribution in [1.29, 1.82) is 0 Å². The fourth-order valence-corrected chi connectivity index (χ4v) is 3.43. The molecule has 1 fully saturated rings. The highest BCUT2D eigenvalue weighted by molar-refractivity contribution is 7.15. The predicted octanol–water partition coefficient (Wildman–Crippen LogP) is 3.09. The van der Waals surface area contributed by atoms with Gasteiger partial charge in [-0.1, -0.05) is 20.8 Å². The molecule has 0 unspecified atom stereocenters. The summed E-state index contributed by atoms with van der Waals surface area (Å²) < 4.78 is 1.83. The second kappa shape index (κ2) is 4.97. The molecule has 0 spiro atoms. The number of nitrogens with zero attached hydrogens (tertiary/aromatic N) is 3. The molecule has 0 atom stereocenters. The third-order valence-electron chi connectivity index (χ3n) is 3.49. The molecule has 0 radical (unpaired) electrons. The van der Waals surface area contributed by atoms with Crippen LogP contribution < -0.4 is 5.32 Å². The number of rotatable bonds is 4. The Morgan fingerprint density at radius 2 is 2.15 bits per heavy atom. The fraction of sp³-hybridized carbons (Fsp3) is 0.600. The van der Waals surface area contributed by atoms with Crippen LogP contribution in [0.3, 0.4) is 0 Å². The Morgan fingerprint density at radius 1 is 1.40 bits per heavy atom. The first-order chi connectivity index (χ1) is 9.43. The minimum Gasteiger partial charge on any atom is -0.309 e. The van der Waals surface area contributed by atoms with E-state index in [2.05, 4.69) is 31.2 Å². The maximum Gasteiger partial charge on any atom is 0.127 e. The van der Waals surface area contributed by atoms with Crippen molar-refractivity contribution < 1.29 is 0 Å². The molecule has 0 saturated heterocycles. The van der Waals surface area contributed by atoms with Gasteiger partial charge in [-0.05, 0) is 12.8 Å². The van der Waals surface area contributed by atoms with Crippen molar-refractivity contribution in [2.24, 2.45) is 7.05 Å². The van der Waals surface area contributed by atoms with E-state index in [1.807, 2.05) is 24.1 Å². The lowest BCUT2D eigenvalue weighted by atomic mass is 9.91. The van der Waals surface area contributed by atoms with Crippen LogP contribution in [0.1, 0.15) is 44.2 Å². The number of nitrogens with one attached hydrogen (secondary N) is 1. The summed E-state index contributed by atoms with van der Waals surface area (Å²) in [4.78, 5) is 6.25. The van der Waals surface area contributed by atoms with Crippen LogP contribution in [0.25, 0.3) is 10.6 Å². The van der Waals surface area contributed by atoms with E-state index >= 15 is 0 Å². The zero-order valence-electron chi connectivity index (χ0n) is 12.6. The molecule has 1 aliphatic rings. The lowest BCUT2D eigenvalue weighted by molar-refractivity contribution is 0.559. The van der Waals surface area contributed by atoms with E-state index in [1.54, 1.807) is 11.3 Å². The van der Waals surface area contributed by atoms with Crippen molar-refractivity contribution in [3.63, 3.8) is 0 Å². The second-order valence-electron chi connectivity index (χ2n) is 6.60. The molecule has 2 aromatic rings. The molecule has 1 N–H and O–H groups in total. The number of aryl methyl sites for hydroxylation is 1. The normalized spacial score (nSPS) is 15.8. The summed E-state index contributed by atoms with van der Waals surface area (Å²) in [6.07, 6.45) is 6.56. The fourth-order valence-electron chi connectivity index (χ4n) is 2.24. The van der Waals surface area contributed by atoms with Crippen LogP contribution in [0.4, 0.5) is 0 Å². The molecule has 2 aromatic heterocycles. The van der Waals surface area contributed by atoms with Crippen molar-refractivity contribution in [3.8, 4) is 10.6 Å². The Morgan fingerprint density at radius 3 is 2.70 bits per heavy atom. The Hall–Kier alpha value is -1.20. The summed E-state index contributed by atoms with van der Waals surface area (Å²) in [5.41, 5.74) is 2.41. The highest BCUT2D eigenvalue weighted by atomic mass is 32.1. The number of hydrogen-bond acceptors (Lipinski definition) is 4. The highest BCUT2D eigenvalue weighted by Gasteiger charge is 2.26. The van der Waals surface area contributed by atoms with Gasteiger partial charge in [0.15, 0.2) is 0 Å². The summed E-state index contributed by atoms with van der Waals surface area (Å²) in [5, 5.41) is 8.93. The van der Waals surface area contributed by atoms with Crippen molar-refractivity contribution in [3.05, 3.63) is 23.0 Å². The van der Waals surface area contributed by atoms with Crippen molar-refractivity contribution in [2.45, 2.75) is 51.6 Å². The smallest absolute Gasteiger partial charge is 0.127 e. The summed E-state index contributed by atoms with van der Waals surface area (Å²) in [6.45, 7) is 7.64. The topological polar surface area (TPSA) is 42.7 Å². The van der Waals surface area contributed by atoms with E-state index in [0.717, 1.165) is 23.2 Å². The highest BCUT2D eigenvalue weighted by Crippen LogP contribution is 2.34. The van der Waals surface area contributed by atoms with Crippen LogP contribution in [0, 0.1) is 0 Å². The molecule has 5 heteroatoms. The molecule has 4 nitrogen and oxygen atoms in total. The van der Waals surface area contributed by atoms with E-state index in [1.165, 1.54) is 23.4 Å². The van der Waals surface area contributed by atoms with Gasteiger partial charge >= 0.3 is 0 Å². The zero-order valence-corrected chi connectivity index (χ0v) is 13.4. The molecule has 3 rings (SSSR count). The predicted molar refractivity (Wildman–Crippen MR) is 82.9 cm³/mol. The number of hydrogen-bond donors (Lipinski definition) is 1. The lowest BCUT2D eigenvalue weighted by Gasteiger charge is -2.17. The molecule has 108 valence electrons. The quantitative estimate of drug-likeness (QED) is 0.941. The first kappa shape index (κ1) is 13.8. The summed E-state index contributed by atoms with van der Waals surface area (Å²) >= 11 is 1.80. The maximum atomic E-state index is 4.89.